The zero-order valence-corrected chi connectivity index (χ0v) is 17.0. The molecule has 1 aliphatic rings. The average Bonchev–Trinajstić information content (AvgIpc) is 2.89. The summed E-state index contributed by atoms with van der Waals surface area (Å²) in [4.78, 5) is 12.8. The summed E-state index contributed by atoms with van der Waals surface area (Å²) in [6.45, 7) is 6.65. The largest absolute Gasteiger partial charge is 0.298 e. The molecule has 150 valence electrons. The molecule has 0 unspecified atom stereocenters. The van der Waals surface area contributed by atoms with Gasteiger partial charge in [0.1, 0.15) is 0 Å². The Morgan fingerprint density at radius 3 is 2.39 bits per heavy atom. The highest BCUT2D eigenvalue weighted by molar-refractivity contribution is 7.89. The van der Waals surface area contributed by atoms with E-state index in [1.54, 1.807) is 6.92 Å². The number of sulfonamides is 1. The minimum absolute atomic E-state index is 0.0169. The van der Waals surface area contributed by atoms with E-state index in [0.29, 0.717) is 25.2 Å². The van der Waals surface area contributed by atoms with Gasteiger partial charge in [0.15, 0.2) is 0 Å². The second-order valence-electron chi connectivity index (χ2n) is 7.22. The van der Waals surface area contributed by atoms with Crippen LogP contribution in [0, 0.1) is 24.0 Å². The number of nitrogens with zero attached hydrogens (tertiary/aromatic N) is 3. The maximum Gasteiger partial charge on any atom is 0.273 e. The van der Waals surface area contributed by atoms with Gasteiger partial charge in [0.25, 0.3) is 5.69 Å². The molecule has 7 nitrogen and oxygen atoms in total. The fraction of sp³-hybridized carbons (Fsp3) is 0.400. The van der Waals surface area contributed by atoms with Crippen LogP contribution in [-0.4, -0.2) is 48.7 Å². The molecule has 0 radical (unpaired) electrons. The quantitative estimate of drug-likeness (QED) is 0.566. The molecule has 0 amide bonds. The highest BCUT2D eigenvalue weighted by Gasteiger charge is 2.28. The SMILES string of the molecule is Cc1ccc(CN2CCCN(S(=O)(=O)c3ccc(C)c([N+](=O)[O-])c3)CC2)cc1. The summed E-state index contributed by atoms with van der Waals surface area (Å²) in [6, 6.07) is 12.5. The molecular weight excluding hydrogens is 378 g/mol. The van der Waals surface area contributed by atoms with Crippen LogP contribution in [0.2, 0.25) is 0 Å². The molecule has 1 aliphatic heterocycles. The van der Waals surface area contributed by atoms with E-state index < -0.39 is 14.9 Å². The summed E-state index contributed by atoms with van der Waals surface area (Å²) in [5, 5.41) is 11.2. The number of hydrogen-bond donors (Lipinski definition) is 0. The summed E-state index contributed by atoms with van der Waals surface area (Å²) in [6.07, 6.45) is 0.721. The van der Waals surface area contributed by atoms with Gasteiger partial charge in [-0.2, -0.15) is 4.31 Å². The van der Waals surface area contributed by atoms with E-state index in [-0.39, 0.29) is 10.6 Å². The second kappa shape index (κ2) is 8.38. The molecule has 28 heavy (non-hydrogen) atoms. The molecule has 2 aromatic carbocycles. The van der Waals surface area contributed by atoms with Crippen LogP contribution in [0.15, 0.2) is 47.4 Å². The van der Waals surface area contributed by atoms with Crippen molar-refractivity contribution in [3.8, 4) is 0 Å². The van der Waals surface area contributed by atoms with Crippen LogP contribution in [0.1, 0.15) is 23.1 Å². The van der Waals surface area contributed by atoms with E-state index in [1.165, 1.54) is 33.6 Å². The Bertz CT molecular complexity index is 958. The predicted octanol–water partition coefficient (Wildman–Crippen LogP) is 3.11. The maximum absolute atomic E-state index is 13.0. The summed E-state index contributed by atoms with van der Waals surface area (Å²) in [5.74, 6) is 0. The van der Waals surface area contributed by atoms with E-state index in [4.69, 9.17) is 0 Å². The molecule has 0 spiro atoms. The van der Waals surface area contributed by atoms with E-state index in [1.807, 2.05) is 6.92 Å². The van der Waals surface area contributed by atoms with Crippen LogP contribution in [0.25, 0.3) is 0 Å². The van der Waals surface area contributed by atoms with Crippen molar-refractivity contribution in [2.45, 2.75) is 31.7 Å². The van der Waals surface area contributed by atoms with Gasteiger partial charge in [-0.25, -0.2) is 8.42 Å². The molecule has 1 heterocycles. The van der Waals surface area contributed by atoms with Crippen molar-refractivity contribution in [2.75, 3.05) is 26.2 Å². The Morgan fingerprint density at radius 1 is 1.00 bits per heavy atom. The number of aryl methyl sites for hydroxylation is 2. The molecule has 0 aromatic heterocycles. The van der Waals surface area contributed by atoms with Gasteiger partial charge in [0.05, 0.1) is 9.82 Å². The lowest BCUT2D eigenvalue weighted by Gasteiger charge is -2.22. The number of benzene rings is 2. The lowest BCUT2D eigenvalue weighted by Crippen LogP contribution is -2.35. The van der Waals surface area contributed by atoms with E-state index >= 15 is 0 Å². The second-order valence-corrected chi connectivity index (χ2v) is 9.16. The predicted molar refractivity (Wildman–Crippen MR) is 108 cm³/mol. The van der Waals surface area contributed by atoms with Crippen LogP contribution in [-0.2, 0) is 16.6 Å². The fourth-order valence-electron chi connectivity index (χ4n) is 3.39. The van der Waals surface area contributed by atoms with Crippen LogP contribution < -0.4 is 0 Å². The third kappa shape index (κ3) is 4.57. The minimum atomic E-state index is -3.76. The van der Waals surface area contributed by atoms with Gasteiger partial charge in [0, 0.05) is 37.8 Å². The molecule has 0 saturated carbocycles. The molecule has 3 rings (SSSR count). The van der Waals surface area contributed by atoms with Crippen molar-refractivity contribution in [3.63, 3.8) is 0 Å². The Morgan fingerprint density at radius 2 is 1.71 bits per heavy atom. The molecule has 0 atom stereocenters. The molecule has 1 saturated heterocycles. The third-order valence-electron chi connectivity index (χ3n) is 5.09. The van der Waals surface area contributed by atoms with Gasteiger partial charge in [0.2, 0.25) is 10.0 Å². The van der Waals surface area contributed by atoms with Crippen molar-refractivity contribution < 1.29 is 13.3 Å². The van der Waals surface area contributed by atoms with Crippen LogP contribution in [0.5, 0.6) is 0 Å². The van der Waals surface area contributed by atoms with Gasteiger partial charge in [-0.1, -0.05) is 35.9 Å². The molecule has 1 fully saturated rings. The van der Waals surface area contributed by atoms with Crippen molar-refractivity contribution in [3.05, 3.63) is 69.3 Å². The van der Waals surface area contributed by atoms with Gasteiger partial charge in [-0.05, 0) is 38.4 Å². The van der Waals surface area contributed by atoms with Crippen molar-refractivity contribution >= 4 is 15.7 Å². The first-order valence-electron chi connectivity index (χ1n) is 9.30. The zero-order valence-electron chi connectivity index (χ0n) is 16.2. The lowest BCUT2D eigenvalue weighted by atomic mass is 10.1. The first-order chi connectivity index (χ1) is 13.3. The Labute approximate surface area is 165 Å². The van der Waals surface area contributed by atoms with Crippen LogP contribution in [0.3, 0.4) is 0 Å². The standard InChI is InChI=1S/C20H25N3O4S/c1-16-4-7-18(8-5-16)15-21-10-3-11-22(13-12-21)28(26,27)19-9-6-17(2)20(14-19)23(24)25/h4-9,14H,3,10-13,15H2,1-2H3. The maximum atomic E-state index is 13.0. The van der Waals surface area contributed by atoms with Crippen molar-refractivity contribution in [1.82, 2.24) is 9.21 Å². The molecule has 0 bridgehead atoms. The molecular formula is C20H25N3O4S. The smallest absolute Gasteiger partial charge is 0.273 e. The molecule has 0 aliphatic carbocycles. The van der Waals surface area contributed by atoms with E-state index in [0.717, 1.165) is 19.5 Å². The highest BCUT2D eigenvalue weighted by Crippen LogP contribution is 2.25. The Hall–Kier alpha value is -2.29. The minimum Gasteiger partial charge on any atom is -0.298 e. The first-order valence-corrected chi connectivity index (χ1v) is 10.7. The summed E-state index contributed by atoms with van der Waals surface area (Å²) in [5.41, 5.74) is 2.70. The number of hydrogen-bond acceptors (Lipinski definition) is 5. The molecule has 8 heteroatoms. The summed E-state index contributed by atoms with van der Waals surface area (Å²) < 4.78 is 27.5. The number of nitro groups is 1. The summed E-state index contributed by atoms with van der Waals surface area (Å²) in [7, 11) is -3.76. The van der Waals surface area contributed by atoms with Crippen molar-refractivity contribution in [2.24, 2.45) is 0 Å². The average molecular weight is 404 g/mol. The summed E-state index contributed by atoms with van der Waals surface area (Å²) >= 11 is 0. The Balaban J connectivity index is 1.73. The van der Waals surface area contributed by atoms with E-state index in [2.05, 4.69) is 29.2 Å². The fourth-order valence-corrected chi connectivity index (χ4v) is 4.88. The Kier molecular flexibility index (Phi) is 6.12. The highest BCUT2D eigenvalue weighted by atomic mass is 32.2. The first kappa shape index (κ1) is 20.4. The third-order valence-corrected chi connectivity index (χ3v) is 6.98. The van der Waals surface area contributed by atoms with E-state index in [9.17, 15) is 18.5 Å². The lowest BCUT2D eigenvalue weighted by molar-refractivity contribution is -0.385. The van der Waals surface area contributed by atoms with Gasteiger partial charge >= 0.3 is 0 Å². The van der Waals surface area contributed by atoms with Gasteiger partial charge < -0.3 is 0 Å². The monoisotopic (exact) mass is 403 g/mol. The van der Waals surface area contributed by atoms with Gasteiger partial charge in [-0.15, -0.1) is 0 Å². The normalized spacial score (nSPS) is 16.6. The topological polar surface area (TPSA) is 83.8 Å². The number of nitro benzene ring substituents is 1. The zero-order chi connectivity index (χ0) is 20.3. The molecule has 0 N–H and O–H groups in total. The van der Waals surface area contributed by atoms with Crippen LogP contribution in [0.4, 0.5) is 5.69 Å². The number of rotatable bonds is 5. The van der Waals surface area contributed by atoms with Crippen molar-refractivity contribution in [1.29, 1.82) is 0 Å². The van der Waals surface area contributed by atoms with Gasteiger partial charge in [-0.3, -0.25) is 15.0 Å². The van der Waals surface area contributed by atoms with Crippen LogP contribution >= 0.6 is 0 Å². The molecule has 2 aromatic rings.